The van der Waals surface area contributed by atoms with Crippen molar-refractivity contribution in [2.75, 3.05) is 18.1 Å². The molecule has 0 saturated carbocycles. The Bertz CT molecular complexity index is 816. The topological polar surface area (TPSA) is 59.1 Å². The van der Waals surface area contributed by atoms with Gasteiger partial charge in [0, 0.05) is 28.6 Å². The van der Waals surface area contributed by atoms with E-state index in [-0.39, 0.29) is 17.5 Å². The smallest absolute Gasteiger partial charge is 0.150 e. The van der Waals surface area contributed by atoms with E-state index in [9.17, 15) is 8.42 Å². The van der Waals surface area contributed by atoms with Gasteiger partial charge in [-0.1, -0.05) is 30.7 Å². The summed E-state index contributed by atoms with van der Waals surface area (Å²) in [5, 5.41) is 5.36. The zero-order chi connectivity index (χ0) is 17.9. The van der Waals surface area contributed by atoms with Crippen LogP contribution in [0.5, 0.6) is 0 Å². The highest BCUT2D eigenvalue weighted by Crippen LogP contribution is 2.30. The lowest BCUT2D eigenvalue weighted by atomic mass is 9.99. The number of nitrogens with one attached hydrogen (secondary N) is 1. The Hall–Kier alpha value is -0.950. The Morgan fingerprint density at radius 3 is 2.80 bits per heavy atom. The third kappa shape index (κ3) is 5.03. The lowest BCUT2D eigenvalue weighted by Crippen LogP contribution is -2.30. The van der Waals surface area contributed by atoms with Gasteiger partial charge in [-0.3, -0.25) is 0 Å². The number of sulfone groups is 1. The fourth-order valence-electron chi connectivity index (χ4n) is 3.04. The third-order valence-electron chi connectivity index (χ3n) is 4.48. The third-order valence-corrected chi connectivity index (χ3v) is 7.72. The highest BCUT2D eigenvalue weighted by atomic mass is 35.5. The van der Waals surface area contributed by atoms with Crippen LogP contribution in [0.25, 0.3) is 0 Å². The fourth-order valence-corrected chi connectivity index (χ4v) is 5.21. The molecule has 7 heteroatoms. The Morgan fingerprint density at radius 1 is 1.32 bits per heavy atom. The van der Waals surface area contributed by atoms with E-state index in [0.717, 1.165) is 41.5 Å². The van der Waals surface area contributed by atoms with E-state index in [0.29, 0.717) is 6.42 Å². The van der Waals surface area contributed by atoms with Crippen molar-refractivity contribution >= 4 is 32.8 Å². The summed E-state index contributed by atoms with van der Waals surface area (Å²) in [7, 11) is -2.89. The number of thiazole rings is 1. The van der Waals surface area contributed by atoms with Crippen LogP contribution in [0.2, 0.25) is 5.02 Å². The molecule has 3 rings (SSSR count). The zero-order valence-corrected chi connectivity index (χ0v) is 16.7. The second-order valence-electron chi connectivity index (χ2n) is 6.34. The molecule has 4 nitrogen and oxygen atoms in total. The number of rotatable bonds is 7. The van der Waals surface area contributed by atoms with E-state index in [2.05, 4.69) is 17.4 Å². The number of nitrogens with zero attached hydrogens (tertiary/aromatic N) is 1. The molecule has 0 bridgehead atoms. The predicted octanol–water partition coefficient (Wildman–Crippen LogP) is 3.59. The number of aryl methyl sites for hydroxylation is 1. The molecule has 1 aliphatic heterocycles. The molecule has 1 aromatic heterocycles. The average molecular weight is 399 g/mol. The minimum Gasteiger partial charge on any atom is -0.308 e. The molecule has 25 heavy (non-hydrogen) atoms. The maximum atomic E-state index is 11.6. The van der Waals surface area contributed by atoms with Crippen LogP contribution < -0.4 is 5.32 Å². The van der Waals surface area contributed by atoms with Crippen molar-refractivity contribution in [3.05, 3.63) is 50.4 Å². The first-order valence-corrected chi connectivity index (χ1v) is 11.6. The van der Waals surface area contributed by atoms with E-state index < -0.39 is 9.84 Å². The van der Waals surface area contributed by atoms with Crippen LogP contribution in [0.4, 0.5) is 0 Å². The van der Waals surface area contributed by atoms with Gasteiger partial charge in [0.25, 0.3) is 0 Å². The molecule has 2 heterocycles. The van der Waals surface area contributed by atoms with Crippen molar-refractivity contribution in [1.82, 2.24) is 10.3 Å². The predicted molar refractivity (Wildman–Crippen MR) is 104 cm³/mol. The van der Waals surface area contributed by atoms with Crippen LogP contribution in [0.15, 0.2) is 24.3 Å². The quantitative estimate of drug-likeness (QED) is 0.774. The maximum absolute atomic E-state index is 11.6. The van der Waals surface area contributed by atoms with Gasteiger partial charge in [-0.15, -0.1) is 11.3 Å². The number of hydrogen-bond acceptors (Lipinski definition) is 5. The van der Waals surface area contributed by atoms with E-state index in [1.807, 2.05) is 12.1 Å². The normalized spacial score (nSPS) is 17.4. The van der Waals surface area contributed by atoms with Crippen LogP contribution in [0.3, 0.4) is 0 Å². The first-order chi connectivity index (χ1) is 12.0. The lowest BCUT2D eigenvalue weighted by molar-refractivity contribution is 0.495. The van der Waals surface area contributed by atoms with E-state index >= 15 is 0 Å². The molecule has 0 fully saturated rings. The van der Waals surface area contributed by atoms with Gasteiger partial charge in [-0.05, 0) is 37.0 Å². The summed E-state index contributed by atoms with van der Waals surface area (Å²) in [6.45, 7) is 2.65. The van der Waals surface area contributed by atoms with Crippen molar-refractivity contribution in [3.8, 4) is 0 Å². The summed E-state index contributed by atoms with van der Waals surface area (Å²) in [5.41, 5.74) is 2.37. The van der Waals surface area contributed by atoms with Crippen molar-refractivity contribution in [2.45, 2.75) is 38.6 Å². The number of hydrogen-bond donors (Lipinski definition) is 1. The molecular weight excluding hydrogens is 376 g/mol. The second-order valence-corrected chi connectivity index (χ2v) is 10.4. The van der Waals surface area contributed by atoms with Crippen molar-refractivity contribution in [1.29, 1.82) is 0 Å². The molecule has 136 valence electrons. The summed E-state index contributed by atoms with van der Waals surface area (Å²) >= 11 is 7.70. The molecule has 2 aromatic rings. The zero-order valence-electron chi connectivity index (χ0n) is 14.3. The van der Waals surface area contributed by atoms with Crippen LogP contribution >= 0.6 is 22.9 Å². The number of halogens is 1. The number of benzene rings is 1. The largest absolute Gasteiger partial charge is 0.308 e. The van der Waals surface area contributed by atoms with Gasteiger partial charge >= 0.3 is 0 Å². The average Bonchev–Trinajstić information content (AvgIpc) is 3.01. The standard InChI is InChI=1S/C18H23ClN2O2S2/c1-2-25(22,23)11-3-4-17-21-18-15(20-10-9-16(18)24-17)12-13-5-7-14(19)8-6-13/h5-8,15,20H,2-4,9-12H2,1H3. The lowest BCUT2D eigenvalue weighted by Gasteiger charge is -2.23. The van der Waals surface area contributed by atoms with Gasteiger partial charge in [-0.2, -0.15) is 0 Å². The number of aromatic nitrogens is 1. The van der Waals surface area contributed by atoms with Gasteiger partial charge in [0.1, 0.15) is 9.84 Å². The molecule has 1 aliphatic rings. The Balaban J connectivity index is 1.67. The monoisotopic (exact) mass is 398 g/mol. The van der Waals surface area contributed by atoms with Crippen LogP contribution in [-0.4, -0.2) is 31.5 Å². The second kappa shape index (κ2) is 8.16. The molecule has 1 atom stereocenters. The minimum absolute atomic E-state index is 0.217. The van der Waals surface area contributed by atoms with Gasteiger partial charge in [0.05, 0.1) is 22.5 Å². The van der Waals surface area contributed by atoms with E-state index in [1.54, 1.807) is 18.3 Å². The minimum atomic E-state index is -2.89. The molecule has 0 aliphatic carbocycles. The van der Waals surface area contributed by atoms with Crippen LogP contribution in [0.1, 0.15) is 40.5 Å². The van der Waals surface area contributed by atoms with Crippen molar-refractivity contribution in [2.24, 2.45) is 0 Å². The highest BCUT2D eigenvalue weighted by molar-refractivity contribution is 7.91. The Morgan fingerprint density at radius 2 is 2.08 bits per heavy atom. The van der Waals surface area contributed by atoms with Gasteiger partial charge < -0.3 is 5.32 Å². The molecule has 0 radical (unpaired) electrons. The van der Waals surface area contributed by atoms with Gasteiger partial charge in [-0.25, -0.2) is 13.4 Å². The van der Waals surface area contributed by atoms with Gasteiger partial charge in [0.2, 0.25) is 0 Å². The summed E-state index contributed by atoms with van der Waals surface area (Å²) < 4.78 is 23.3. The first-order valence-electron chi connectivity index (χ1n) is 8.63. The molecular formula is C18H23ClN2O2S2. The summed E-state index contributed by atoms with van der Waals surface area (Å²) in [6.07, 6.45) is 3.28. The van der Waals surface area contributed by atoms with E-state index in [1.165, 1.54) is 10.4 Å². The molecule has 1 aromatic carbocycles. The Labute approximate surface area is 158 Å². The first kappa shape index (κ1) is 18.8. The number of fused-ring (bicyclic) bond motifs is 1. The van der Waals surface area contributed by atoms with Crippen LogP contribution in [0, 0.1) is 0 Å². The summed E-state index contributed by atoms with van der Waals surface area (Å²) in [4.78, 5) is 6.17. The molecule has 0 spiro atoms. The van der Waals surface area contributed by atoms with Gasteiger partial charge in [0.15, 0.2) is 0 Å². The van der Waals surface area contributed by atoms with E-state index in [4.69, 9.17) is 16.6 Å². The van der Waals surface area contributed by atoms with Crippen LogP contribution in [-0.2, 0) is 29.1 Å². The SMILES string of the molecule is CCS(=O)(=O)CCCc1nc2c(s1)CCNC2Cc1ccc(Cl)cc1. The summed E-state index contributed by atoms with van der Waals surface area (Å²) in [6, 6.07) is 8.17. The Kier molecular flexibility index (Phi) is 6.15. The molecule has 0 amide bonds. The fraction of sp³-hybridized carbons (Fsp3) is 0.500. The van der Waals surface area contributed by atoms with Crippen molar-refractivity contribution < 1.29 is 8.42 Å². The van der Waals surface area contributed by atoms with Crippen molar-refractivity contribution in [3.63, 3.8) is 0 Å². The molecule has 0 saturated heterocycles. The highest BCUT2D eigenvalue weighted by Gasteiger charge is 2.24. The molecule has 1 N–H and O–H groups in total. The summed E-state index contributed by atoms with van der Waals surface area (Å²) in [5.74, 6) is 0.467. The molecule has 1 unspecified atom stereocenters. The maximum Gasteiger partial charge on any atom is 0.150 e.